The minimum Gasteiger partial charge on any atom is -0.480 e. The molecule has 0 amide bonds. The van der Waals surface area contributed by atoms with Gasteiger partial charge in [-0.25, -0.2) is 0 Å². The van der Waals surface area contributed by atoms with E-state index < -0.39 is 12.0 Å². The van der Waals surface area contributed by atoms with Gasteiger partial charge in [-0.3, -0.25) is 14.8 Å². The van der Waals surface area contributed by atoms with E-state index in [1.807, 2.05) is 10.7 Å². The molecule has 1 aliphatic rings. The molecule has 2 heterocycles. The molecule has 17 heavy (non-hydrogen) atoms. The highest BCUT2D eigenvalue weighted by Gasteiger charge is 2.28. The second kappa shape index (κ2) is 4.87. The van der Waals surface area contributed by atoms with Gasteiger partial charge in [-0.15, -0.1) is 0 Å². The average Bonchev–Trinajstić information content (AvgIpc) is 2.78. The maximum atomic E-state index is 11.0. The Morgan fingerprint density at radius 3 is 3.00 bits per heavy atom. The van der Waals surface area contributed by atoms with E-state index in [9.17, 15) is 4.79 Å². The van der Waals surface area contributed by atoms with Crippen molar-refractivity contribution >= 4 is 5.97 Å². The summed E-state index contributed by atoms with van der Waals surface area (Å²) < 4.78 is 1.96. The Balaban J connectivity index is 2.16. The Kier molecular flexibility index (Phi) is 3.47. The number of hydrogen-bond acceptors (Lipinski definition) is 3. The molecule has 0 spiro atoms. The molecule has 0 aromatic carbocycles. The van der Waals surface area contributed by atoms with Crippen LogP contribution in [0.3, 0.4) is 0 Å². The zero-order valence-electron chi connectivity index (χ0n) is 10.3. The van der Waals surface area contributed by atoms with E-state index in [1.54, 1.807) is 6.20 Å². The highest BCUT2D eigenvalue weighted by molar-refractivity contribution is 5.73. The van der Waals surface area contributed by atoms with Gasteiger partial charge < -0.3 is 5.11 Å². The van der Waals surface area contributed by atoms with Crippen LogP contribution in [-0.4, -0.2) is 26.9 Å². The number of carboxylic acid groups (broad SMARTS) is 1. The van der Waals surface area contributed by atoms with Crippen molar-refractivity contribution in [1.29, 1.82) is 0 Å². The Morgan fingerprint density at radius 1 is 1.59 bits per heavy atom. The predicted molar refractivity (Wildman–Crippen MR) is 63.8 cm³/mol. The van der Waals surface area contributed by atoms with Crippen molar-refractivity contribution < 1.29 is 9.90 Å². The molecule has 2 rings (SSSR count). The number of carbonyl (C=O) groups is 1. The van der Waals surface area contributed by atoms with Crippen molar-refractivity contribution in [3.8, 4) is 0 Å². The predicted octanol–water partition coefficient (Wildman–Crippen LogP) is 1.73. The topological polar surface area (TPSA) is 67.2 Å². The van der Waals surface area contributed by atoms with Crippen LogP contribution in [0.2, 0.25) is 0 Å². The molecule has 5 heteroatoms. The second-order valence-corrected chi connectivity index (χ2v) is 4.84. The molecule has 1 aromatic rings. The smallest absolute Gasteiger partial charge is 0.320 e. The fraction of sp³-hybridized carbons (Fsp3) is 0.667. The first-order valence-corrected chi connectivity index (χ1v) is 6.12. The Morgan fingerprint density at radius 2 is 2.35 bits per heavy atom. The summed E-state index contributed by atoms with van der Waals surface area (Å²) in [5.41, 5.74) is 1.09. The monoisotopic (exact) mass is 237 g/mol. The quantitative estimate of drug-likeness (QED) is 0.840. The Hall–Kier alpha value is -1.36. The van der Waals surface area contributed by atoms with Gasteiger partial charge in [-0.1, -0.05) is 0 Å². The Bertz CT molecular complexity index is 400. The molecule has 5 nitrogen and oxygen atoms in total. The number of aromatic nitrogens is 2. The number of hydrogen-bond donors (Lipinski definition) is 2. The van der Waals surface area contributed by atoms with Crippen LogP contribution in [0.15, 0.2) is 12.3 Å². The zero-order chi connectivity index (χ0) is 12.4. The fourth-order valence-corrected chi connectivity index (χ4v) is 2.40. The first-order chi connectivity index (χ1) is 8.09. The van der Waals surface area contributed by atoms with Gasteiger partial charge in [0.15, 0.2) is 0 Å². The summed E-state index contributed by atoms with van der Waals surface area (Å²) in [4.78, 5) is 11.0. The van der Waals surface area contributed by atoms with E-state index in [2.05, 4.69) is 24.3 Å². The number of rotatable bonds is 3. The van der Waals surface area contributed by atoms with Gasteiger partial charge in [0.05, 0.1) is 5.69 Å². The summed E-state index contributed by atoms with van der Waals surface area (Å²) in [6.45, 7) is 4.15. The highest BCUT2D eigenvalue weighted by atomic mass is 16.4. The molecular weight excluding hydrogens is 218 g/mol. The number of nitrogens with zero attached hydrogens (tertiary/aromatic N) is 2. The molecule has 0 saturated carbocycles. The molecule has 0 aliphatic carbocycles. The van der Waals surface area contributed by atoms with Gasteiger partial charge in [0, 0.05) is 18.3 Å². The summed E-state index contributed by atoms with van der Waals surface area (Å²) >= 11 is 0. The number of nitrogens with one attached hydrogen (secondary N) is 1. The van der Waals surface area contributed by atoms with Gasteiger partial charge in [0.1, 0.15) is 6.04 Å². The normalized spacial score (nSPS) is 25.1. The first kappa shape index (κ1) is 12.1. The molecule has 2 unspecified atom stereocenters. The van der Waals surface area contributed by atoms with Crippen LogP contribution in [0.4, 0.5) is 0 Å². The Labute approximate surface area is 101 Å². The van der Waals surface area contributed by atoms with Crippen molar-refractivity contribution in [3.05, 3.63) is 18.0 Å². The minimum absolute atomic E-state index is 0.106. The number of piperidine rings is 1. The van der Waals surface area contributed by atoms with Crippen molar-refractivity contribution in [2.24, 2.45) is 0 Å². The highest BCUT2D eigenvalue weighted by Crippen LogP contribution is 2.26. The maximum absolute atomic E-state index is 11.0. The summed E-state index contributed by atoms with van der Waals surface area (Å²) in [7, 11) is 0. The van der Waals surface area contributed by atoms with Gasteiger partial charge in [-0.05, 0) is 39.2 Å². The van der Waals surface area contributed by atoms with Crippen LogP contribution < -0.4 is 5.32 Å². The van der Waals surface area contributed by atoms with Crippen LogP contribution >= 0.6 is 0 Å². The van der Waals surface area contributed by atoms with E-state index in [0.717, 1.165) is 18.5 Å². The molecule has 1 fully saturated rings. The third-order valence-corrected chi connectivity index (χ3v) is 3.23. The van der Waals surface area contributed by atoms with Crippen LogP contribution in [0.5, 0.6) is 0 Å². The van der Waals surface area contributed by atoms with Crippen molar-refractivity contribution in [3.63, 3.8) is 0 Å². The molecule has 0 bridgehead atoms. The second-order valence-electron chi connectivity index (χ2n) is 4.84. The summed E-state index contributed by atoms with van der Waals surface area (Å²) in [6.07, 6.45) is 4.41. The average molecular weight is 237 g/mol. The van der Waals surface area contributed by atoms with Crippen LogP contribution in [-0.2, 0) is 4.79 Å². The van der Waals surface area contributed by atoms with Gasteiger partial charge in [0.2, 0.25) is 0 Å². The first-order valence-electron chi connectivity index (χ1n) is 6.12. The maximum Gasteiger partial charge on any atom is 0.320 e. The lowest BCUT2D eigenvalue weighted by Crippen LogP contribution is -2.43. The molecule has 2 atom stereocenters. The van der Waals surface area contributed by atoms with Gasteiger partial charge >= 0.3 is 5.97 Å². The van der Waals surface area contributed by atoms with Crippen molar-refractivity contribution in [1.82, 2.24) is 15.1 Å². The third-order valence-electron chi connectivity index (χ3n) is 3.23. The van der Waals surface area contributed by atoms with Crippen molar-refractivity contribution in [2.75, 3.05) is 0 Å². The van der Waals surface area contributed by atoms with Crippen LogP contribution in [0.25, 0.3) is 0 Å². The zero-order valence-corrected chi connectivity index (χ0v) is 10.3. The molecule has 1 aliphatic heterocycles. The SMILES string of the molecule is CC(C)n1nccc1C1CCCC(C(=O)O)N1. The summed E-state index contributed by atoms with van der Waals surface area (Å²) in [5, 5.41) is 16.5. The fourth-order valence-electron chi connectivity index (χ4n) is 2.40. The number of carboxylic acids is 1. The summed E-state index contributed by atoms with van der Waals surface area (Å²) in [5.74, 6) is -0.759. The van der Waals surface area contributed by atoms with Crippen LogP contribution in [0.1, 0.15) is 50.9 Å². The molecule has 94 valence electrons. The molecular formula is C12H19N3O2. The molecule has 0 radical (unpaired) electrons. The standard InChI is InChI=1S/C12H19N3O2/c1-8(2)15-11(6-7-13-15)9-4-3-5-10(14-9)12(16)17/h6-10,14H,3-5H2,1-2H3,(H,16,17). The van der Waals surface area contributed by atoms with Crippen LogP contribution in [0, 0.1) is 0 Å². The van der Waals surface area contributed by atoms with Gasteiger partial charge in [0.25, 0.3) is 0 Å². The lowest BCUT2D eigenvalue weighted by molar-refractivity contribution is -0.140. The van der Waals surface area contributed by atoms with E-state index in [0.29, 0.717) is 12.5 Å². The largest absolute Gasteiger partial charge is 0.480 e. The molecule has 1 saturated heterocycles. The van der Waals surface area contributed by atoms with E-state index in [-0.39, 0.29) is 6.04 Å². The molecule has 1 aromatic heterocycles. The lowest BCUT2D eigenvalue weighted by Gasteiger charge is -2.29. The van der Waals surface area contributed by atoms with E-state index in [1.165, 1.54) is 0 Å². The third kappa shape index (κ3) is 2.49. The lowest BCUT2D eigenvalue weighted by atomic mass is 9.96. The minimum atomic E-state index is -0.759. The molecule has 2 N–H and O–H groups in total. The van der Waals surface area contributed by atoms with E-state index >= 15 is 0 Å². The van der Waals surface area contributed by atoms with Gasteiger partial charge in [-0.2, -0.15) is 5.10 Å². The van der Waals surface area contributed by atoms with E-state index in [4.69, 9.17) is 5.11 Å². The van der Waals surface area contributed by atoms with Crippen molar-refractivity contribution in [2.45, 2.75) is 51.2 Å². The number of aliphatic carboxylic acids is 1. The summed E-state index contributed by atoms with van der Waals surface area (Å²) in [6, 6.07) is 1.95.